The van der Waals surface area contributed by atoms with E-state index in [1.165, 1.54) is 14.0 Å². The van der Waals surface area contributed by atoms with Crippen molar-refractivity contribution in [1.82, 2.24) is 10.6 Å². The van der Waals surface area contributed by atoms with Gasteiger partial charge in [0.2, 0.25) is 5.91 Å². The number of nitrogen functional groups attached to an aromatic ring is 1. The van der Waals surface area contributed by atoms with Gasteiger partial charge in [-0.05, 0) is 18.2 Å². The molecule has 0 saturated carbocycles. The van der Waals surface area contributed by atoms with Crippen LogP contribution in [0.25, 0.3) is 0 Å². The second-order valence-corrected chi connectivity index (χ2v) is 4.04. The van der Waals surface area contributed by atoms with E-state index in [0.29, 0.717) is 30.1 Å². The molecular formula is C13H19N3O3. The average molecular weight is 265 g/mol. The van der Waals surface area contributed by atoms with Crippen LogP contribution in [0.3, 0.4) is 0 Å². The topological polar surface area (TPSA) is 93.5 Å². The van der Waals surface area contributed by atoms with Gasteiger partial charge in [-0.25, -0.2) is 0 Å². The number of methoxy groups -OCH3 is 1. The number of nitrogens with one attached hydrogen (secondary N) is 2. The van der Waals surface area contributed by atoms with E-state index in [1.54, 1.807) is 18.2 Å². The fourth-order valence-electron chi connectivity index (χ4n) is 1.54. The molecule has 0 aliphatic rings. The number of Topliss-reactive ketones (excluding diaryl/α,β-unsaturated/α-hetero) is 1. The normalized spacial score (nSPS) is 10.0. The summed E-state index contributed by atoms with van der Waals surface area (Å²) in [6.45, 7) is 2.68. The van der Waals surface area contributed by atoms with Crippen molar-refractivity contribution in [2.45, 2.75) is 6.92 Å². The summed E-state index contributed by atoms with van der Waals surface area (Å²) in [5.41, 5.74) is 6.70. The van der Waals surface area contributed by atoms with E-state index in [-0.39, 0.29) is 18.2 Å². The second-order valence-electron chi connectivity index (χ2n) is 4.04. The third-order valence-corrected chi connectivity index (χ3v) is 2.51. The Labute approximate surface area is 112 Å². The van der Waals surface area contributed by atoms with Crippen LogP contribution in [0.1, 0.15) is 17.3 Å². The number of amides is 1. The van der Waals surface area contributed by atoms with Gasteiger partial charge in [0.1, 0.15) is 5.75 Å². The molecule has 0 atom stereocenters. The van der Waals surface area contributed by atoms with Gasteiger partial charge in [-0.15, -0.1) is 0 Å². The smallest absolute Gasteiger partial charge is 0.216 e. The molecule has 104 valence electrons. The van der Waals surface area contributed by atoms with Crippen LogP contribution in [0.2, 0.25) is 0 Å². The van der Waals surface area contributed by atoms with Crippen LogP contribution in [-0.2, 0) is 4.79 Å². The average Bonchev–Trinajstić information content (AvgIpc) is 2.37. The van der Waals surface area contributed by atoms with E-state index in [1.807, 2.05) is 0 Å². The number of carbonyl (C=O) groups is 2. The summed E-state index contributed by atoms with van der Waals surface area (Å²) >= 11 is 0. The standard InChI is InChI=1S/C13H19N3O3/c1-9(17)16-6-5-15-8-12(18)10-3-4-13(19-2)11(14)7-10/h3-4,7,15H,5-6,8,14H2,1-2H3,(H,16,17). The molecule has 0 aliphatic carbocycles. The summed E-state index contributed by atoms with van der Waals surface area (Å²) in [7, 11) is 1.52. The van der Waals surface area contributed by atoms with Crippen molar-refractivity contribution < 1.29 is 14.3 Å². The maximum absolute atomic E-state index is 11.8. The molecule has 1 amide bonds. The number of hydrogen-bond donors (Lipinski definition) is 3. The molecule has 19 heavy (non-hydrogen) atoms. The predicted molar refractivity (Wildman–Crippen MR) is 73.3 cm³/mol. The maximum Gasteiger partial charge on any atom is 0.216 e. The van der Waals surface area contributed by atoms with Crippen LogP contribution in [0.15, 0.2) is 18.2 Å². The lowest BCUT2D eigenvalue weighted by Crippen LogP contribution is -2.32. The number of anilines is 1. The van der Waals surface area contributed by atoms with Crippen LogP contribution in [-0.4, -0.2) is 38.4 Å². The first-order chi connectivity index (χ1) is 9.04. The summed E-state index contributed by atoms with van der Waals surface area (Å²) in [6, 6.07) is 4.93. The number of carbonyl (C=O) groups excluding carboxylic acids is 2. The molecule has 0 heterocycles. The molecule has 0 unspecified atom stereocenters. The summed E-state index contributed by atoms with van der Waals surface area (Å²) in [4.78, 5) is 22.5. The highest BCUT2D eigenvalue weighted by Crippen LogP contribution is 2.21. The van der Waals surface area contributed by atoms with Gasteiger partial charge in [0.15, 0.2) is 5.78 Å². The fourth-order valence-corrected chi connectivity index (χ4v) is 1.54. The first-order valence-corrected chi connectivity index (χ1v) is 5.96. The highest BCUT2D eigenvalue weighted by molar-refractivity contribution is 5.98. The zero-order valence-electron chi connectivity index (χ0n) is 11.2. The second kappa shape index (κ2) is 7.38. The number of hydrogen-bond acceptors (Lipinski definition) is 5. The predicted octanol–water partition coefficient (Wildman–Crippen LogP) is 0.186. The van der Waals surface area contributed by atoms with Crippen LogP contribution < -0.4 is 21.1 Å². The summed E-state index contributed by atoms with van der Waals surface area (Å²) < 4.78 is 5.02. The minimum absolute atomic E-state index is 0.0582. The van der Waals surface area contributed by atoms with Crippen molar-refractivity contribution in [2.75, 3.05) is 32.5 Å². The van der Waals surface area contributed by atoms with Crippen LogP contribution in [0.4, 0.5) is 5.69 Å². The van der Waals surface area contributed by atoms with Gasteiger partial charge in [0.05, 0.1) is 19.3 Å². The van der Waals surface area contributed by atoms with Gasteiger partial charge in [-0.1, -0.05) is 0 Å². The molecule has 0 bridgehead atoms. The highest BCUT2D eigenvalue weighted by atomic mass is 16.5. The molecule has 4 N–H and O–H groups in total. The van der Waals surface area contributed by atoms with Crippen LogP contribution in [0.5, 0.6) is 5.75 Å². The summed E-state index contributed by atoms with van der Waals surface area (Å²) in [5.74, 6) is 0.406. The summed E-state index contributed by atoms with van der Waals surface area (Å²) in [5, 5.41) is 5.58. The van der Waals surface area contributed by atoms with Crippen molar-refractivity contribution in [3.8, 4) is 5.75 Å². The number of benzene rings is 1. The van der Waals surface area contributed by atoms with Gasteiger partial charge in [-0.2, -0.15) is 0 Å². The highest BCUT2D eigenvalue weighted by Gasteiger charge is 2.08. The Morgan fingerprint density at radius 3 is 2.63 bits per heavy atom. The van der Waals surface area contributed by atoms with E-state index in [0.717, 1.165) is 0 Å². The van der Waals surface area contributed by atoms with Gasteiger partial charge in [-0.3, -0.25) is 9.59 Å². The third kappa shape index (κ3) is 4.97. The van der Waals surface area contributed by atoms with E-state index >= 15 is 0 Å². The van der Waals surface area contributed by atoms with Crippen LogP contribution >= 0.6 is 0 Å². The van der Waals surface area contributed by atoms with Crippen LogP contribution in [0, 0.1) is 0 Å². The Hall–Kier alpha value is -2.08. The quantitative estimate of drug-likeness (QED) is 0.371. The Kier molecular flexibility index (Phi) is 5.81. The number of rotatable bonds is 7. The van der Waals surface area contributed by atoms with Gasteiger partial charge >= 0.3 is 0 Å². The fraction of sp³-hybridized carbons (Fsp3) is 0.385. The van der Waals surface area contributed by atoms with Gasteiger partial charge < -0.3 is 21.1 Å². The molecule has 0 radical (unpaired) electrons. The van der Waals surface area contributed by atoms with Crippen molar-refractivity contribution in [2.24, 2.45) is 0 Å². The van der Waals surface area contributed by atoms with Crippen molar-refractivity contribution in [1.29, 1.82) is 0 Å². The Morgan fingerprint density at radius 2 is 2.05 bits per heavy atom. The number of nitrogens with two attached hydrogens (primary N) is 1. The molecule has 1 aromatic carbocycles. The maximum atomic E-state index is 11.8. The minimum Gasteiger partial charge on any atom is -0.495 e. The number of ketones is 1. The molecule has 1 rings (SSSR count). The Balaban J connectivity index is 2.41. The van der Waals surface area contributed by atoms with Crippen molar-refractivity contribution in [3.63, 3.8) is 0 Å². The molecule has 0 fully saturated rings. The third-order valence-electron chi connectivity index (χ3n) is 2.51. The monoisotopic (exact) mass is 265 g/mol. The zero-order chi connectivity index (χ0) is 14.3. The van der Waals surface area contributed by atoms with Crippen molar-refractivity contribution in [3.05, 3.63) is 23.8 Å². The van der Waals surface area contributed by atoms with E-state index in [2.05, 4.69) is 10.6 Å². The minimum atomic E-state index is -0.0870. The molecule has 0 spiro atoms. The SMILES string of the molecule is COc1ccc(C(=O)CNCCNC(C)=O)cc1N. The first kappa shape index (κ1) is 15.0. The molecule has 0 saturated heterocycles. The molecule has 6 nitrogen and oxygen atoms in total. The summed E-state index contributed by atoms with van der Waals surface area (Å²) in [6.07, 6.45) is 0. The lowest BCUT2D eigenvalue weighted by molar-refractivity contribution is -0.118. The molecule has 0 aliphatic heterocycles. The molecule has 1 aromatic rings. The largest absolute Gasteiger partial charge is 0.495 e. The van der Waals surface area contributed by atoms with Crippen molar-refractivity contribution >= 4 is 17.4 Å². The number of ether oxygens (including phenoxy) is 1. The van der Waals surface area contributed by atoms with E-state index < -0.39 is 0 Å². The first-order valence-electron chi connectivity index (χ1n) is 5.96. The Bertz CT molecular complexity index is 460. The molecule has 6 heteroatoms. The van der Waals surface area contributed by atoms with Gasteiger partial charge in [0.25, 0.3) is 0 Å². The lowest BCUT2D eigenvalue weighted by Gasteiger charge is -2.07. The van der Waals surface area contributed by atoms with E-state index in [4.69, 9.17) is 10.5 Å². The lowest BCUT2D eigenvalue weighted by atomic mass is 10.1. The van der Waals surface area contributed by atoms with E-state index in [9.17, 15) is 9.59 Å². The van der Waals surface area contributed by atoms with Gasteiger partial charge in [0, 0.05) is 25.6 Å². The molecular weight excluding hydrogens is 246 g/mol. The Morgan fingerprint density at radius 1 is 1.32 bits per heavy atom. The zero-order valence-corrected chi connectivity index (χ0v) is 11.2. The molecule has 0 aromatic heterocycles.